The van der Waals surface area contributed by atoms with E-state index < -0.39 is 0 Å². The van der Waals surface area contributed by atoms with E-state index in [9.17, 15) is 0 Å². The highest BCUT2D eigenvalue weighted by Crippen LogP contribution is 2.50. The highest BCUT2D eigenvalue weighted by atomic mass is 16.5. The van der Waals surface area contributed by atoms with Crippen molar-refractivity contribution in [2.24, 2.45) is 0 Å². The number of para-hydroxylation sites is 1. The molecule has 5 rings (SSSR count). The van der Waals surface area contributed by atoms with Gasteiger partial charge in [0.2, 0.25) is 0 Å². The van der Waals surface area contributed by atoms with Crippen molar-refractivity contribution in [2.45, 2.75) is 24.8 Å². The maximum Gasteiger partial charge on any atom is 0.118 e. The molecule has 3 aliphatic heterocycles. The molecular weight excluding hydrogens is 334 g/mol. The molecule has 0 saturated carbocycles. The molecule has 4 nitrogen and oxygen atoms in total. The number of likely N-dealkylation sites (tertiary alicyclic amines) is 1. The first-order valence-electron chi connectivity index (χ1n) is 10.2. The first kappa shape index (κ1) is 16.9. The largest absolute Gasteiger partial charge is 0.497 e. The SMILES string of the molecule is COc1ccc(CCN2CC[C@H]3[C@@H](C2)c2cccc4c2N3CCN4C)cc1. The van der Waals surface area contributed by atoms with Crippen LogP contribution in [0.15, 0.2) is 42.5 Å². The van der Waals surface area contributed by atoms with Crippen LogP contribution in [0.4, 0.5) is 11.4 Å². The molecule has 2 atom stereocenters. The summed E-state index contributed by atoms with van der Waals surface area (Å²) < 4.78 is 5.27. The number of hydrogen-bond acceptors (Lipinski definition) is 4. The minimum absolute atomic E-state index is 0.663. The Morgan fingerprint density at radius 3 is 2.70 bits per heavy atom. The molecule has 0 aromatic heterocycles. The third kappa shape index (κ3) is 2.87. The molecule has 0 N–H and O–H groups in total. The molecule has 2 aromatic rings. The molecule has 3 aliphatic rings. The van der Waals surface area contributed by atoms with E-state index in [-0.39, 0.29) is 0 Å². The van der Waals surface area contributed by atoms with E-state index in [0.29, 0.717) is 12.0 Å². The number of anilines is 2. The van der Waals surface area contributed by atoms with Gasteiger partial charge < -0.3 is 19.4 Å². The maximum absolute atomic E-state index is 5.27. The van der Waals surface area contributed by atoms with Gasteiger partial charge >= 0.3 is 0 Å². The van der Waals surface area contributed by atoms with Crippen LogP contribution in [-0.2, 0) is 6.42 Å². The Labute approximate surface area is 162 Å². The molecule has 1 saturated heterocycles. The van der Waals surface area contributed by atoms with Crippen molar-refractivity contribution in [1.82, 2.24) is 4.90 Å². The Hall–Kier alpha value is -2.20. The molecule has 2 aromatic carbocycles. The minimum Gasteiger partial charge on any atom is -0.497 e. The summed E-state index contributed by atoms with van der Waals surface area (Å²) in [6.45, 7) is 5.86. The van der Waals surface area contributed by atoms with E-state index in [2.05, 4.69) is 64.2 Å². The maximum atomic E-state index is 5.27. The van der Waals surface area contributed by atoms with Crippen LogP contribution < -0.4 is 14.5 Å². The lowest BCUT2D eigenvalue weighted by atomic mass is 9.89. The summed E-state index contributed by atoms with van der Waals surface area (Å²) in [6.07, 6.45) is 2.39. The Balaban J connectivity index is 1.30. The summed E-state index contributed by atoms with van der Waals surface area (Å²) in [4.78, 5) is 7.82. The molecule has 142 valence electrons. The van der Waals surface area contributed by atoms with Crippen LogP contribution in [0.25, 0.3) is 0 Å². The fourth-order valence-corrected chi connectivity index (χ4v) is 5.26. The van der Waals surface area contributed by atoms with Crippen LogP contribution in [0.2, 0.25) is 0 Å². The average molecular weight is 364 g/mol. The van der Waals surface area contributed by atoms with Crippen LogP contribution in [-0.4, -0.2) is 57.8 Å². The summed E-state index contributed by atoms with van der Waals surface area (Å²) in [5.74, 6) is 1.60. The summed E-state index contributed by atoms with van der Waals surface area (Å²) in [5, 5.41) is 0. The number of fused-ring (bicyclic) bond motifs is 3. The predicted octanol–water partition coefficient (Wildman–Crippen LogP) is 3.37. The van der Waals surface area contributed by atoms with Gasteiger partial charge in [-0.05, 0) is 42.2 Å². The van der Waals surface area contributed by atoms with Gasteiger partial charge in [0.15, 0.2) is 0 Å². The van der Waals surface area contributed by atoms with Gasteiger partial charge in [-0.25, -0.2) is 0 Å². The first-order chi connectivity index (χ1) is 13.2. The van der Waals surface area contributed by atoms with Crippen molar-refractivity contribution in [3.05, 3.63) is 53.6 Å². The third-order valence-corrected chi connectivity index (χ3v) is 6.76. The Kier molecular flexibility index (Phi) is 4.24. The normalized spacial score (nSPS) is 23.9. The zero-order valence-corrected chi connectivity index (χ0v) is 16.4. The second-order valence-electron chi connectivity index (χ2n) is 8.19. The molecule has 0 spiro atoms. The lowest BCUT2D eigenvalue weighted by Gasteiger charge is -2.41. The summed E-state index contributed by atoms with van der Waals surface area (Å²) >= 11 is 0. The zero-order valence-electron chi connectivity index (χ0n) is 16.4. The number of benzene rings is 2. The molecule has 0 unspecified atom stereocenters. The number of nitrogens with zero attached hydrogens (tertiary/aromatic N) is 3. The van der Waals surface area contributed by atoms with Gasteiger partial charge in [0.25, 0.3) is 0 Å². The molecule has 3 heterocycles. The van der Waals surface area contributed by atoms with Crippen LogP contribution >= 0.6 is 0 Å². The average Bonchev–Trinajstić information content (AvgIpc) is 3.04. The molecule has 0 amide bonds. The summed E-state index contributed by atoms with van der Waals surface area (Å²) in [7, 11) is 3.96. The van der Waals surface area contributed by atoms with E-state index in [1.54, 1.807) is 12.7 Å². The van der Waals surface area contributed by atoms with Gasteiger partial charge in [0.1, 0.15) is 5.75 Å². The second-order valence-corrected chi connectivity index (χ2v) is 8.19. The Morgan fingerprint density at radius 1 is 1.04 bits per heavy atom. The fraction of sp³-hybridized carbons (Fsp3) is 0.478. The standard InChI is InChI=1S/C23H29N3O/c1-24-14-15-26-21-11-13-25(12-10-17-6-8-18(27-2)9-7-17)16-20(21)19-4-3-5-22(24)23(19)26/h3-9,20-21H,10-16H2,1-2H3/t20-,21-/m0/s1. The number of piperidine rings is 1. The second kappa shape index (κ2) is 6.75. The van der Waals surface area contributed by atoms with Crippen LogP contribution in [0.1, 0.15) is 23.5 Å². The van der Waals surface area contributed by atoms with E-state index in [1.807, 2.05) is 0 Å². The van der Waals surface area contributed by atoms with E-state index >= 15 is 0 Å². The van der Waals surface area contributed by atoms with Crippen molar-refractivity contribution >= 4 is 11.4 Å². The number of methoxy groups -OCH3 is 1. The highest BCUT2D eigenvalue weighted by Gasteiger charge is 2.44. The summed E-state index contributed by atoms with van der Waals surface area (Å²) in [6, 6.07) is 16.2. The van der Waals surface area contributed by atoms with Crippen LogP contribution in [0.3, 0.4) is 0 Å². The Bertz CT molecular complexity index is 819. The minimum atomic E-state index is 0.663. The summed E-state index contributed by atoms with van der Waals surface area (Å²) in [5.41, 5.74) is 5.93. The van der Waals surface area contributed by atoms with Crippen molar-refractivity contribution in [3.63, 3.8) is 0 Å². The van der Waals surface area contributed by atoms with Crippen LogP contribution in [0.5, 0.6) is 5.75 Å². The van der Waals surface area contributed by atoms with Crippen molar-refractivity contribution < 1.29 is 4.74 Å². The third-order valence-electron chi connectivity index (χ3n) is 6.76. The first-order valence-corrected chi connectivity index (χ1v) is 10.2. The van der Waals surface area contributed by atoms with E-state index in [4.69, 9.17) is 4.74 Å². The van der Waals surface area contributed by atoms with Crippen LogP contribution in [0, 0.1) is 0 Å². The van der Waals surface area contributed by atoms with Gasteiger partial charge in [0.05, 0.1) is 18.5 Å². The molecule has 0 aliphatic carbocycles. The van der Waals surface area contributed by atoms with Crippen molar-refractivity contribution in [3.8, 4) is 5.75 Å². The quantitative estimate of drug-likeness (QED) is 0.829. The topological polar surface area (TPSA) is 19.0 Å². The van der Waals surface area contributed by atoms with Gasteiger partial charge in [-0.1, -0.05) is 24.3 Å². The Morgan fingerprint density at radius 2 is 1.89 bits per heavy atom. The molecular formula is C23H29N3O. The van der Waals surface area contributed by atoms with Gasteiger partial charge in [0, 0.05) is 51.7 Å². The van der Waals surface area contributed by atoms with Crippen molar-refractivity contribution in [1.29, 1.82) is 0 Å². The number of likely N-dealkylation sites (N-methyl/N-ethyl adjacent to an activating group) is 1. The number of rotatable bonds is 4. The van der Waals surface area contributed by atoms with Gasteiger partial charge in [-0.15, -0.1) is 0 Å². The molecule has 1 fully saturated rings. The molecule has 0 radical (unpaired) electrons. The van der Waals surface area contributed by atoms with Crippen molar-refractivity contribution in [2.75, 3.05) is 56.7 Å². The smallest absolute Gasteiger partial charge is 0.118 e. The zero-order chi connectivity index (χ0) is 18.4. The van der Waals surface area contributed by atoms with Gasteiger partial charge in [-0.2, -0.15) is 0 Å². The van der Waals surface area contributed by atoms with E-state index in [0.717, 1.165) is 25.3 Å². The molecule has 4 heteroatoms. The van der Waals surface area contributed by atoms with Gasteiger partial charge in [-0.3, -0.25) is 0 Å². The fourth-order valence-electron chi connectivity index (χ4n) is 5.26. The highest BCUT2D eigenvalue weighted by molar-refractivity contribution is 5.80. The lowest BCUT2D eigenvalue weighted by molar-refractivity contribution is 0.195. The predicted molar refractivity (Wildman–Crippen MR) is 111 cm³/mol. The van der Waals surface area contributed by atoms with E-state index in [1.165, 1.54) is 43.0 Å². The number of ether oxygens (including phenoxy) is 1. The molecule has 0 bridgehead atoms. The monoisotopic (exact) mass is 363 g/mol. The number of hydrogen-bond donors (Lipinski definition) is 0. The lowest BCUT2D eigenvalue weighted by Crippen LogP contribution is -2.49. The molecule has 27 heavy (non-hydrogen) atoms.